The van der Waals surface area contributed by atoms with Gasteiger partial charge in [0.2, 0.25) is 5.91 Å². The van der Waals surface area contributed by atoms with Crippen molar-refractivity contribution < 1.29 is 23.9 Å². The molecule has 0 fully saturated rings. The average Bonchev–Trinajstić information content (AvgIpc) is 3.04. The molecule has 2 aromatic carbocycles. The van der Waals surface area contributed by atoms with Crippen LogP contribution < -0.4 is 10.6 Å². The van der Waals surface area contributed by atoms with E-state index in [2.05, 4.69) is 22.8 Å². The first-order valence-corrected chi connectivity index (χ1v) is 11.2. The standard InChI is InChI=1S/C26H32N2O5/c1-16(2)27-23(29)14-22(24(30)33-26(3,4)5)28-25(31)32-15-21-19-12-8-6-10-17(19)18-11-7-9-13-20(18)21/h6-13,16,21-22H,14-15H2,1-5H3,(H,27,29)(H,28,31)/t22-/m0/s1. The maximum atomic E-state index is 12.6. The third-order valence-electron chi connectivity index (χ3n) is 5.17. The van der Waals surface area contributed by atoms with Gasteiger partial charge in [-0.25, -0.2) is 9.59 Å². The van der Waals surface area contributed by atoms with Gasteiger partial charge >= 0.3 is 12.1 Å². The van der Waals surface area contributed by atoms with E-state index < -0.39 is 23.7 Å². The van der Waals surface area contributed by atoms with Gasteiger partial charge in [0.15, 0.2) is 0 Å². The molecule has 1 aliphatic carbocycles. The van der Waals surface area contributed by atoms with Crippen LogP contribution in [0.15, 0.2) is 48.5 Å². The Balaban J connectivity index is 1.69. The number of rotatable bonds is 7. The number of nitrogens with one attached hydrogen (secondary N) is 2. The Morgan fingerprint density at radius 1 is 0.909 bits per heavy atom. The third-order valence-corrected chi connectivity index (χ3v) is 5.17. The molecule has 0 aromatic heterocycles. The fourth-order valence-electron chi connectivity index (χ4n) is 3.91. The van der Waals surface area contributed by atoms with Crippen molar-refractivity contribution in [1.29, 1.82) is 0 Å². The average molecular weight is 453 g/mol. The van der Waals surface area contributed by atoms with Crippen molar-refractivity contribution >= 4 is 18.0 Å². The highest BCUT2D eigenvalue weighted by molar-refractivity contribution is 5.88. The molecule has 0 heterocycles. The van der Waals surface area contributed by atoms with E-state index in [1.165, 1.54) is 0 Å². The van der Waals surface area contributed by atoms with Crippen LogP contribution in [-0.4, -0.2) is 42.3 Å². The van der Waals surface area contributed by atoms with Crippen LogP contribution in [0.1, 0.15) is 58.1 Å². The summed E-state index contributed by atoms with van der Waals surface area (Å²) >= 11 is 0. The van der Waals surface area contributed by atoms with E-state index in [9.17, 15) is 14.4 Å². The molecule has 0 spiro atoms. The topological polar surface area (TPSA) is 93.7 Å². The first-order valence-electron chi connectivity index (χ1n) is 11.2. The molecule has 0 saturated carbocycles. The van der Waals surface area contributed by atoms with Crippen molar-refractivity contribution in [3.05, 3.63) is 59.7 Å². The SMILES string of the molecule is CC(C)NC(=O)C[C@H](NC(=O)OCC1c2ccccc2-c2ccccc21)C(=O)OC(C)(C)C. The second-order valence-electron chi connectivity index (χ2n) is 9.48. The molecule has 7 heteroatoms. The Morgan fingerprint density at radius 2 is 1.45 bits per heavy atom. The molecule has 2 N–H and O–H groups in total. The zero-order chi connectivity index (χ0) is 24.2. The van der Waals surface area contributed by atoms with Crippen molar-refractivity contribution in [1.82, 2.24) is 10.6 Å². The second-order valence-corrected chi connectivity index (χ2v) is 9.48. The van der Waals surface area contributed by atoms with Gasteiger partial charge in [-0.05, 0) is 56.9 Å². The quantitative estimate of drug-likeness (QED) is 0.616. The molecule has 0 bridgehead atoms. The highest BCUT2D eigenvalue weighted by Gasteiger charge is 2.32. The van der Waals surface area contributed by atoms with Crippen molar-refractivity contribution in [2.24, 2.45) is 0 Å². The molecule has 33 heavy (non-hydrogen) atoms. The Hall–Kier alpha value is -3.35. The van der Waals surface area contributed by atoms with Crippen LogP contribution in [0.25, 0.3) is 11.1 Å². The van der Waals surface area contributed by atoms with Gasteiger partial charge in [0.25, 0.3) is 0 Å². The van der Waals surface area contributed by atoms with E-state index in [0.29, 0.717) is 0 Å². The van der Waals surface area contributed by atoms with Gasteiger partial charge in [-0.2, -0.15) is 0 Å². The third kappa shape index (κ3) is 6.34. The number of ether oxygens (including phenoxy) is 2. The number of hydrogen-bond donors (Lipinski definition) is 2. The van der Waals surface area contributed by atoms with E-state index in [-0.39, 0.29) is 30.9 Å². The lowest BCUT2D eigenvalue weighted by molar-refractivity contribution is -0.158. The van der Waals surface area contributed by atoms with Crippen molar-refractivity contribution in [2.75, 3.05) is 6.61 Å². The van der Waals surface area contributed by atoms with Crippen molar-refractivity contribution in [3.8, 4) is 11.1 Å². The summed E-state index contributed by atoms with van der Waals surface area (Å²) in [4.78, 5) is 37.5. The van der Waals surface area contributed by atoms with E-state index in [1.807, 2.05) is 50.2 Å². The molecule has 1 atom stereocenters. The van der Waals surface area contributed by atoms with Crippen LogP contribution in [0.4, 0.5) is 4.79 Å². The summed E-state index contributed by atoms with van der Waals surface area (Å²) in [7, 11) is 0. The van der Waals surface area contributed by atoms with Crippen LogP contribution in [-0.2, 0) is 19.1 Å². The summed E-state index contributed by atoms with van der Waals surface area (Å²) in [6, 6.07) is 14.8. The monoisotopic (exact) mass is 452 g/mol. The number of hydrogen-bond acceptors (Lipinski definition) is 5. The van der Waals surface area contributed by atoms with Crippen LogP contribution >= 0.6 is 0 Å². The zero-order valence-electron chi connectivity index (χ0n) is 19.8. The summed E-state index contributed by atoms with van der Waals surface area (Å²) in [6.07, 6.45) is -1.01. The Kier molecular flexibility index (Phi) is 7.41. The van der Waals surface area contributed by atoms with Gasteiger partial charge in [-0.3, -0.25) is 4.79 Å². The number of carbonyl (C=O) groups is 3. The van der Waals surface area contributed by atoms with E-state index >= 15 is 0 Å². The second kappa shape index (κ2) is 10.1. The first kappa shape index (κ1) is 24.3. The summed E-state index contributed by atoms with van der Waals surface area (Å²) in [5.41, 5.74) is 3.67. The summed E-state index contributed by atoms with van der Waals surface area (Å²) < 4.78 is 10.9. The highest BCUT2D eigenvalue weighted by atomic mass is 16.6. The fraction of sp³-hybridized carbons (Fsp3) is 0.423. The molecular formula is C26H32N2O5. The molecule has 0 saturated heterocycles. The van der Waals surface area contributed by atoms with Crippen LogP contribution in [0.2, 0.25) is 0 Å². The molecule has 1 aliphatic rings. The number of esters is 1. The van der Waals surface area contributed by atoms with Crippen LogP contribution in [0, 0.1) is 0 Å². The minimum absolute atomic E-state index is 0.0914. The first-order chi connectivity index (χ1) is 15.5. The predicted molar refractivity (Wildman–Crippen MR) is 126 cm³/mol. The Morgan fingerprint density at radius 3 is 1.97 bits per heavy atom. The summed E-state index contributed by atoms with van der Waals surface area (Å²) in [5.74, 6) is -1.15. The summed E-state index contributed by atoms with van der Waals surface area (Å²) in [6.45, 7) is 8.92. The maximum absolute atomic E-state index is 12.6. The molecule has 0 unspecified atom stereocenters. The lowest BCUT2D eigenvalue weighted by Gasteiger charge is -2.24. The zero-order valence-corrected chi connectivity index (χ0v) is 19.8. The number of carbonyl (C=O) groups excluding carboxylic acids is 3. The van der Waals surface area contributed by atoms with Gasteiger partial charge in [-0.15, -0.1) is 0 Å². The molecule has 0 aliphatic heterocycles. The lowest BCUT2D eigenvalue weighted by Crippen LogP contribution is -2.47. The van der Waals surface area contributed by atoms with Crippen LogP contribution in [0.3, 0.4) is 0 Å². The number of amides is 2. The van der Waals surface area contributed by atoms with E-state index in [1.54, 1.807) is 20.8 Å². The normalized spacial score (nSPS) is 13.6. The lowest BCUT2D eigenvalue weighted by atomic mass is 9.98. The van der Waals surface area contributed by atoms with E-state index in [0.717, 1.165) is 22.3 Å². The molecule has 7 nitrogen and oxygen atoms in total. The Bertz CT molecular complexity index is 980. The van der Waals surface area contributed by atoms with Gasteiger partial charge < -0.3 is 20.1 Å². The molecule has 2 aromatic rings. The van der Waals surface area contributed by atoms with Crippen LogP contribution in [0.5, 0.6) is 0 Å². The van der Waals surface area contributed by atoms with Gasteiger partial charge in [-0.1, -0.05) is 48.5 Å². The van der Waals surface area contributed by atoms with E-state index in [4.69, 9.17) is 9.47 Å². The number of benzene rings is 2. The number of alkyl carbamates (subject to hydrolysis) is 1. The minimum Gasteiger partial charge on any atom is -0.458 e. The molecule has 176 valence electrons. The smallest absolute Gasteiger partial charge is 0.407 e. The Labute approximate surface area is 194 Å². The van der Waals surface area contributed by atoms with Gasteiger partial charge in [0, 0.05) is 12.0 Å². The molecule has 3 rings (SSSR count). The molecular weight excluding hydrogens is 420 g/mol. The molecule has 0 radical (unpaired) electrons. The fourth-order valence-corrected chi connectivity index (χ4v) is 3.91. The van der Waals surface area contributed by atoms with Crippen molar-refractivity contribution in [3.63, 3.8) is 0 Å². The highest BCUT2D eigenvalue weighted by Crippen LogP contribution is 2.44. The number of fused-ring (bicyclic) bond motifs is 3. The maximum Gasteiger partial charge on any atom is 0.407 e. The molecule has 2 amide bonds. The summed E-state index contributed by atoms with van der Waals surface area (Å²) in [5, 5.41) is 5.24. The largest absolute Gasteiger partial charge is 0.458 e. The predicted octanol–water partition coefficient (Wildman–Crippen LogP) is 4.15. The van der Waals surface area contributed by atoms with Gasteiger partial charge in [0.05, 0.1) is 6.42 Å². The van der Waals surface area contributed by atoms with Crippen molar-refractivity contribution in [2.45, 2.75) is 64.6 Å². The minimum atomic E-state index is -1.15. The van der Waals surface area contributed by atoms with Gasteiger partial charge in [0.1, 0.15) is 18.2 Å².